The predicted octanol–water partition coefficient (Wildman–Crippen LogP) is 2.57. The zero-order valence-electron chi connectivity index (χ0n) is 8.93. The molecule has 80 valence electrons. The molecule has 0 bridgehead atoms. The van der Waals surface area contributed by atoms with Crippen LogP contribution in [-0.4, -0.2) is 18.6 Å². The van der Waals surface area contributed by atoms with Crippen LogP contribution in [0, 0.1) is 11.8 Å². The van der Waals surface area contributed by atoms with Crippen molar-refractivity contribution in [2.45, 2.75) is 40.2 Å². The fourth-order valence-corrected chi connectivity index (χ4v) is 0.942. The molecular weight excluding hydrogens is 184 g/mol. The fourth-order valence-electron chi connectivity index (χ4n) is 0.942. The average Bonchev–Trinajstić information content (AvgIpc) is 2.26. The third-order valence-electron chi connectivity index (χ3n) is 1.87. The maximum atomic E-state index is 11.1. The smallest absolute Gasteiger partial charge is 0.406 e. The molecular formula is C9H16N2O3. The molecule has 5 heteroatoms. The van der Waals surface area contributed by atoms with E-state index in [4.69, 9.17) is 9.47 Å². The van der Waals surface area contributed by atoms with Crippen LogP contribution < -0.4 is 0 Å². The molecule has 0 aliphatic carbocycles. The Balaban J connectivity index is 2.72. The Labute approximate surface area is 83.5 Å². The fraction of sp³-hybridized carbons (Fsp3) is 0.889. The second-order valence-electron chi connectivity index (χ2n) is 3.99. The highest BCUT2D eigenvalue weighted by molar-refractivity contribution is 5.60. The summed E-state index contributed by atoms with van der Waals surface area (Å²) in [6.45, 7) is 7.64. The van der Waals surface area contributed by atoms with Gasteiger partial charge in [-0.2, -0.15) is 0 Å². The second-order valence-corrected chi connectivity index (χ2v) is 3.99. The predicted molar refractivity (Wildman–Crippen MR) is 49.7 cm³/mol. The molecule has 2 atom stereocenters. The minimum Gasteiger partial charge on any atom is -0.406 e. The zero-order valence-corrected chi connectivity index (χ0v) is 8.93. The lowest BCUT2D eigenvalue weighted by molar-refractivity contribution is -0.00237. The molecule has 0 saturated heterocycles. The van der Waals surface area contributed by atoms with E-state index in [9.17, 15) is 4.79 Å². The van der Waals surface area contributed by atoms with Gasteiger partial charge < -0.3 is 9.47 Å². The van der Waals surface area contributed by atoms with Crippen molar-refractivity contribution in [2.75, 3.05) is 0 Å². The largest absolute Gasteiger partial charge is 0.512 e. The van der Waals surface area contributed by atoms with E-state index < -0.39 is 18.6 Å². The number of carbonyl (C=O) groups is 1. The summed E-state index contributed by atoms with van der Waals surface area (Å²) in [6.07, 6.45) is -1.73. The van der Waals surface area contributed by atoms with Crippen molar-refractivity contribution in [1.29, 1.82) is 0 Å². The molecule has 0 N–H and O–H groups in total. The monoisotopic (exact) mass is 200 g/mol. The van der Waals surface area contributed by atoms with Gasteiger partial charge in [0.05, 0.1) is 0 Å². The highest BCUT2D eigenvalue weighted by Gasteiger charge is 2.27. The Morgan fingerprint density at radius 2 is 1.36 bits per heavy atom. The number of carbonyl (C=O) groups excluding carboxylic acids is 1. The number of ether oxygens (including phenoxy) is 2. The molecule has 0 saturated carbocycles. The molecule has 0 amide bonds. The quantitative estimate of drug-likeness (QED) is 0.643. The second kappa shape index (κ2) is 4.39. The van der Waals surface area contributed by atoms with Crippen LogP contribution in [0.15, 0.2) is 10.2 Å². The summed E-state index contributed by atoms with van der Waals surface area (Å²) >= 11 is 0. The number of hydrogen-bond donors (Lipinski definition) is 0. The van der Waals surface area contributed by atoms with Crippen LogP contribution in [0.25, 0.3) is 0 Å². The number of rotatable bonds is 2. The Morgan fingerprint density at radius 3 is 1.64 bits per heavy atom. The van der Waals surface area contributed by atoms with Gasteiger partial charge in [0.25, 0.3) is 0 Å². The third-order valence-corrected chi connectivity index (χ3v) is 1.87. The summed E-state index contributed by atoms with van der Waals surface area (Å²) in [5, 5.41) is 7.87. The van der Waals surface area contributed by atoms with Gasteiger partial charge in [-0.3, -0.25) is 0 Å². The molecule has 14 heavy (non-hydrogen) atoms. The van der Waals surface area contributed by atoms with E-state index in [1.807, 2.05) is 27.7 Å². The highest BCUT2D eigenvalue weighted by Crippen LogP contribution is 2.18. The lowest BCUT2D eigenvalue weighted by Gasteiger charge is -2.13. The van der Waals surface area contributed by atoms with Crippen molar-refractivity contribution >= 4 is 6.16 Å². The van der Waals surface area contributed by atoms with E-state index in [2.05, 4.69) is 10.2 Å². The maximum absolute atomic E-state index is 11.1. The summed E-state index contributed by atoms with van der Waals surface area (Å²) in [7, 11) is 0. The first-order valence-electron chi connectivity index (χ1n) is 4.78. The van der Waals surface area contributed by atoms with Crippen molar-refractivity contribution < 1.29 is 14.3 Å². The van der Waals surface area contributed by atoms with Gasteiger partial charge in [0.15, 0.2) is 0 Å². The van der Waals surface area contributed by atoms with Gasteiger partial charge >= 0.3 is 6.16 Å². The first kappa shape index (κ1) is 10.9. The molecule has 0 spiro atoms. The zero-order chi connectivity index (χ0) is 10.7. The van der Waals surface area contributed by atoms with E-state index in [0.717, 1.165) is 0 Å². The Morgan fingerprint density at radius 1 is 1.00 bits per heavy atom. The van der Waals surface area contributed by atoms with E-state index in [-0.39, 0.29) is 11.8 Å². The summed E-state index contributed by atoms with van der Waals surface area (Å²) in [4.78, 5) is 11.1. The van der Waals surface area contributed by atoms with Crippen LogP contribution in [0.4, 0.5) is 4.79 Å². The average molecular weight is 200 g/mol. The van der Waals surface area contributed by atoms with Gasteiger partial charge in [0.1, 0.15) is 0 Å². The normalized spacial score (nSPS) is 27.4. The number of nitrogens with zero attached hydrogens (tertiary/aromatic N) is 2. The van der Waals surface area contributed by atoms with Crippen molar-refractivity contribution in [3.8, 4) is 0 Å². The third kappa shape index (κ3) is 2.68. The van der Waals surface area contributed by atoms with Crippen LogP contribution in [0.1, 0.15) is 27.7 Å². The standard InChI is InChI=1S/C9H16N2O3/c1-5(2)7-10-11-8(6(3)4)14-9(12)13-7/h5-8H,1-4H3. The van der Waals surface area contributed by atoms with Crippen molar-refractivity contribution in [2.24, 2.45) is 22.1 Å². The molecule has 1 heterocycles. The summed E-state index contributed by atoms with van der Waals surface area (Å²) in [5.41, 5.74) is 0. The lowest BCUT2D eigenvalue weighted by atomic mass is 10.2. The Hall–Kier alpha value is -1.13. The van der Waals surface area contributed by atoms with Crippen molar-refractivity contribution in [1.82, 2.24) is 0 Å². The van der Waals surface area contributed by atoms with E-state index in [1.54, 1.807) is 0 Å². The minimum atomic E-state index is -0.688. The van der Waals surface area contributed by atoms with Crippen LogP contribution in [0.5, 0.6) is 0 Å². The van der Waals surface area contributed by atoms with E-state index in [1.165, 1.54) is 0 Å². The van der Waals surface area contributed by atoms with Gasteiger partial charge in [-0.15, -0.1) is 10.2 Å². The van der Waals surface area contributed by atoms with Crippen LogP contribution >= 0.6 is 0 Å². The molecule has 0 radical (unpaired) electrons. The van der Waals surface area contributed by atoms with Crippen molar-refractivity contribution in [3.05, 3.63) is 0 Å². The number of hydrogen-bond acceptors (Lipinski definition) is 5. The number of cyclic esters (lactones) is 2. The molecule has 1 rings (SSSR count). The minimum absolute atomic E-state index is 0.109. The number of azo groups is 1. The first-order chi connectivity index (χ1) is 6.50. The van der Waals surface area contributed by atoms with Crippen LogP contribution in [0.2, 0.25) is 0 Å². The molecule has 5 nitrogen and oxygen atoms in total. The summed E-state index contributed by atoms with van der Waals surface area (Å²) in [5.74, 6) is 0.217. The van der Waals surface area contributed by atoms with Gasteiger partial charge in [0.2, 0.25) is 12.5 Å². The molecule has 1 aliphatic heterocycles. The topological polar surface area (TPSA) is 60.2 Å². The van der Waals surface area contributed by atoms with Gasteiger partial charge in [-0.1, -0.05) is 27.7 Å². The van der Waals surface area contributed by atoms with Crippen molar-refractivity contribution in [3.63, 3.8) is 0 Å². The SMILES string of the molecule is CC(C)C1N=NC(C(C)C)OC(=O)O1. The molecule has 0 fully saturated rings. The van der Waals surface area contributed by atoms with Gasteiger partial charge in [-0.25, -0.2) is 4.79 Å². The lowest BCUT2D eigenvalue weighted by Crippen LogP contribution is -2.23. The molecule has 0 aromatic rings. The van der Waals surface area contributed by atoms with Crippen LogP contribution in [0.3, 0.4) is 0 Å². The first-order valence-corrected chi connectivity index (χ1v) is 4.78. The highest BCUT2D eigenvalue weighted by atomic mass is 16.7. The molecule has 1 aliphatic rings. The van der Waals surface area contributed by atoms with Gasteiger partial charge in [-0.05, 0) is 0 Å². The van der Waals surface area contributed by atoms with E-state index >= 15 is 0 Å². The molecule has 2 unspecified atom stereocenters. The Kier molecular flexibility index (Phi) is 3.43. The molecule has 0 aromatic heterocycles. The summed E-state index contributed by atoms with van der Waals surface area (Å²) < 4.78 is 9.86. The van der Waals surface area contributed by atoms with Gasteiger partial charge in [0, 0.05) is 11.8 Å². The van der Waals surface area contributed by atoms with E-state index in [0.29, 0.717) is 0 Å². The van der Waals surface area contributed by atoms with Crippen LogP contribution in [-0.2, 0) is 9.47 Å². The maximum Gasteiger partial charge on any atom is 0.512 e. The Bertz CT molecular complexity index is 216. The molecule has 0 aromatic carbocycles. The summed E-state index contributed by atoms with van der Waals surface area (Å²) in [6, 6.07) is 0.